The van der Waals surface area contributed by atoms with Crippen LogP contribution in [-0.4, -0.2) is 30.0 Å². The Kier molecular flexibility index (Phi) is 3.44. The molecule has 1 aliphatic rings. The zero-order chi connectivity index (χ0) is 12.5. The van der Waals surface area contributed by atoms with Gasteiger partial charge in [0.05, 0.1) is 23.8 Å². The molecule has 2 rings (SSSR count). The zero-order valence-corrected chi connectivity index (χ0v) is 10.0. The molecule has 0 spiro atoms. The van der Waals surface area contributed by atoms with Gasteiger partial charge in [-0.2, -0.15) is 0 Å². The van der Waals surface area contributed by atoms with Gasteiger partial charge in [-0.15, -0.1) is 0 Å². The molecule has 0 aromatic carbocycles. The molecule has 1 N–H and O–H groups in total. The Morgan fingerprint density at radius 2 is 2.29 bits per heavy atom. The normalized spacial score (nSPS) is 24.7. The minimum atomic E-state index is -2.93. The first-order valence-corrected chi connectivity index (χ1v) is 7.27. The van der Waals surface area contributed by atoms with Gasteiger partial charge in [-0.3, -0.25) is 4.98 Å². The topological polar surface area (TPSA) is 67.3 Å². The second-order valence-corrected chi connectivity index (χ2v) is 6.69. The van der Waals surface area contributed by atoms with Crippen molar-refractivity contribution in [3.63, 3.8) is 0 Å². The van der Waals surface area contributed by atoms with E-state index in [2.05, 4.69) is 4.98 Å². The van der Waals surface area contributed by atoms with Crippen molar-refractivity contribution in [1.82, 2.24) is 4.98 Å². The molecule has 0 amide bonds. The highest BCUT2D eigenvalue weighted by atomic mass is 32.2. The lowest BCUT2D eigenvalue weighted by atomic mass is 9.97. The molecule has 2 unspecified atom stereocenters. The van der Waals surface area contributed by atoms with E-state index in [0.717, 1.165) is 6.20 Å². The van der Waals surface area contributed by atoms with Gasteiger partial charge in [0, 0.05) is 11.8 Å². The van der Waals surface area contributed by atoms with E-state index in [4.69, 9.17) is 0 Å². The van der Waals surface area contributed by atoms with Crippen molar-refractivity contribution in [3.8, 4) is 0 Å². The summed E-state index contributed by atoms with van der Waals surface area (Å²) in [4.78, 5) is 3.66. The molecule has 0 radical (unpaired) electrons. The molecular weight excluding hydrogens is 245 g/mol. The zero-order valence-electron chi connectivity index (χ0n) is 9.21. The maximum atomic E-state index is 12.9. The number of rotatable bonds is 3. The molecule has 1 aliphatic heterocycles. The average Bonchev–Trinajstić information content (AvgIpc) is 2.58. The van der Waals surface area contributed by atoms with Crippen molar-refractivity contribution in [2.45, 2.75) is 18.9 Å². The Morgan fingerprint density at radius 1 is 1.53 bits per heavy atom. The minimum Gasteiger partial charge on any atom is -0.388 e. The number of aliphatic hydroxyl groups excluding tert-OH is 1. The van der Waals surface area contributed by atoms with Crippen LogP contribution in [0, 0.1) is 11.7 Å². The molecule has 1 aromatic heterocycles. The predicted octanol–water partition coefficient (Wildman–Crippen LogP) is 1.08. The quantitative estimate of drug-likeness (QED) is 0.882. The Labute approximate surface area is 99.4 Å². The number of aromatic nitrogens is 1. The number of halogens is 1. The van der Waals surface area contributed by atoms with E-state index in [1.54, 1.807) is 0 Å². The molecule has 6 heteroatoms. The van der Waals surface area contributed by atoms with Crippen LogP contribution in [0.3, 0.4) is 0 Å². The number of pyridine rings is 1. The van der Waals surface area contributed by atoms with Crippen molar-refractivity contribution in [3.05, 3.63) is 29.8 Å². The van der Waals surface area contributed by atoms with E-state index in [-0.39, 0.29) is 17.4 Å². The van der Waals surface area contributed by atoms with Crippen LogP contribution in [0.4, 0.5) is 4.39 Å². The molecular formula is C11H14FNO3S. The van der Waals surface area contributed by atoms with Crippen molar-refractivity contribution >= 4 is 9.84 Å². The number of hydrogen-bond acceptors (Lipinski definition) is 4. The Hall–Kier alpha value is -1.01. The van der Waals surface area contributed by atoms with Crippen LogP contribution in [-0.2, 0) is 9.84 Å². The summed E-state index contributed by atoms with van der Waals surface area (Å²) in [5.74, 6) is -0.239. The summed E-state index contributed by atoms with van der Waals surface area (Å²) in [7, 11) is -2.93. The van der Waals surface area contributed by atoms with Crippen LogP contribution >= 0.6 is 0 Å². The van der Waals surface area contributed by atoms with Gasteiger partial charge in [0.15, 0.2) is 9.84 Å². The maximum absolute atomic E-state index is 12.9. The standard InChI is InChI=1S/C11H14FNO3S/c12-10-4-9(5-13-6-10)11(14)3-8-1-2-17(15,16)7-8/h4-6,8,11,14H,1-3,7H2. The maximum Gasteiger partial charge on any atom is 0.150 e. The summed E-state index contributed by atoms with van der Waals surface area (Å²) in [5.41, 5.74) is 0.397. The number of nitrogens with zero attached hydrogens (tertiary/aromatic N) is 1. The highest BCUT2D eigenvalue weighted by molar-refractivity contribution is 7.91. The van der Waals surface area contributed by atoms with Gasteiger partial charge in [-0.25, -0.2) is 12.8 Å². The van der Waals surface area contributed by atoms with Crippen LogP contribution in [0.15, 0.2) is 18.5 Å². The second-order valence-electron chi connectivity index (χ2n) is 4.46. The molecule has 0 bridgehead atoms. The fourth-order valence-corrected chi connectivity index (χ4v) is 4.00. The van der Waals surface area contributed by atoms with E-state index >= 15 is 0 Å². The van der Waals surface area contributed by atoms with E-state index in [0.29, 0.717) is 18.4 Å². The fourth-order valence-electron chi connectivity index (χ4n) is 2.12. The Balaban J connectivity index is 2.00. The lowest BCUT2D eigenvalue weighted by molar-refractivity contribution is 0.148. The van der Waals surface area contributed by atoms with Gasteiger partial charge in [0.25, 0.3) is 0 Å². The van der Waals surface area contributed by atoms with Crippen molar-refractivity contribution in [2.75, 3.05) is 11.5 Å². The van der Waals surface area contributed by atoms with E-state index < -0.39 is 21.8 Å². The highest BCUT2D eigenvalue weighted by Crippen LogP contribution is 2.28. The smallest absolute Gasteiger partial charge is 0.150 e. The summed E-state index contributed by atoms with van der Waals surface area (Å²) in [6.45, 7) is 0. The van der Waals surface area contributed by atoms with Gasteiger partial charge in [0.1, 0.15) is 5.82 Å². The van der Waals surface area contributed by atoms with Crippen molar-refractivity contribution in [2.24, 2.45) is 5.92 Å². The fraction of sp³-hybridized carbons (Fsp3) is 0.545. The largest absolute Gasteiger partial charge is 0.388 e. The lowest BCUT2D eigenvalue weighted by Gasteiger charge is -2.14. The third-order valence-electron chi connectivity index (χ3n) is 2.99. The van der Waals surface area contributed by atoms with Crippen LogP contribution in [0.5, 0.6) is 0 Å². The number of aliphatic hydroxyl groups is 1. The third kappa shape index (κ3) is 3.23. The predicted molar refractivity (Wildman–Crippen MR) is 60.5 cm³/mol. The number of sulfone groups is 1. The molecule has 2 atom stereocenters. The van der Waals surface area contributed by atoms with Gasteiger partial charge < -0.3 is 5.11 Å². The van der Waals surface area contributed by atoms with Crippen molar-refractivity contribution in [1.29, 1.82) is 0 Å². The molecule has 0 saturated carbocycles. The molecule has 17 heavy (non-hydrogen) atoms. The molecule has 2 heterocycles. The summed E-state index contributed by atoms with van der Waals surface area (Å²) in [6, 6.07) is 1.22. The summed E-state index contributed by atoms with van der Waals surface area (Å²) < 4.78 is 35.4. The minimum absolute atomic E-state index is 0.0433. The van der Waals surface area contributed by atoms with Crippen LogP contribution in [0.25, 0.3) is 0 Å². The average molecular weight is 259 g/mol. The Bertz CT molecular complexity index is 503. The van der Waals surface area contributed by atoms with E-state index in [1.807, 2.05) is 0 Å². The SMILES string of the molecule is O=S1(=O)CCC(CC(O)c2cncc(F)c2)C1. The summed E-state index contributed by atoms with van der Waals surface area (Å²) >= 11 is 0. The number of hydrogen-bond donors (Lipinski definition) is 1. The third-order valence-corrected chi connectivity index (χ3v) is 4.83. The molecule has 94 valence electrons. The molecule has 4 nitrogen and oxygen atoms in total. The monoisotopic (exact) mass is 259 g/mol. The highest BCUT2D eigenvalue weighted by Gasteiger charge is 2.29. The first-order chi connectivity index (χ1) is 7.96. The van der Waals surface area contributed by atoms with Gasteiger partial charge in [0.2, 0.25) is 0 Å². The molecule has 1 saturated heterocycles. The van der Waals surface area contributed by atoms with E-state index in [9.17, 15) is 17.9 Å². The van der Waals surface area contributed by atoms with Crippen LogP contribution in [0.2, 0.25) is 0 Å². The van der Waals surface area contributed by atoms with E-state index in [1.165, 1.54) is 12.3 Å². The van der Waals surface area contributed by atoms with Gasteiger partial charge in [-0.05, 0) is 24.8 Å². The first-order valence-electron chi connectivity index (χ1n) is 5.45. The lowest BCUT2D eigenvalue weighted by Crippen LogP contribution is -2.10. The van der Waals surface area contributed by atoms with Gasteiger partial charge >= 0.3 is 0 Å². The molecule has 0 aliphatic carbocycles. The molecule has 1 aromatic rings. The van der Waals surface area contributed by atoms with Gasteiger partial charge in [-0.1, -0.05) is 0 Å². The molecule has 1 fully saturated rings. The first kappa shape index (κ1) is 12.4. The second kappa shape index (κ2) is 4.70. The summed E-state index contributed by atoms with van der Waals surface area (Å²) in [6.07, 6.45) is 2.52. The van der Waals surface area contributed by atoms with Crippen molar-refractivity contribution < 1.29 is 17.9 Å². The Morgan fingerprint density at radius 3 is 2.88 bits per heavy atom. The van der Waals surface area contributed by atoms with Crippen LogP contribution in [0.1, 0.15) is 24.5 Å². The summed E-state index contributed by atoms with van der Waals surface area (Å²) in [5, 5.41) is 9.87. The van der Waals surface area contributed by atoms with Crippen LogP contribution < -0.4 is 0 Å².